The van der Waals surface area contributed by atoms with Gasteiger partial charge in [-0.25, -0.2) is 0 Å². The van der Waals surface area contributed by atoms with Gasteiger partial charge in [0.15, 0.2) is 11.5 Å². The number of hydrogen-bond acceptors (Lipinski definition) is 7. The molecule has 0 amide bonds. The van der Waals surface area contributed by atoms with Crippen LogP contribution in [0.15, 0.2) is 77.4 Å². The summed E-state index contributed by atoms with van der Waals surface area (Å²) in [5, 5.41) is 10.3. The van der Waals surface area contributed by atoms with E-state index in [0.29, 0.717) is 11.3 Å². The highest BCUT2D eigenvalue weighted by Crippen LogP contribution is 2.36. The molecule has 2 aromatic rings. The molecule has 1 N–H and O–H groups in total. The van der Waals surface area contributed by atoms with Crippen LogP contribution in [0, 0.1) is 0 Å². The number of fused-ring (bicyclic) bond motifs is 2. The fourth-order valence-corrected chi connectivity index (χ4v) is 3.69. The summed E-state index contributed by atoms with van der Waals surface area (Å²) in [5.74, 6) is -0.638. The molecule has 0 aliphatic carbocycles. The Balaban J connectivity index is 1.67. The van der Waals surface area contributed by atoms with Crippen molar-refractivity contribution in [3.63, 3.8) is 0 Å². The van der Waals surface area contributed by atoms with Gasteiger partial charge in [0.05, 0.1) is 11.1 Å². The summed E-state index contributed by atoms with van der Waals surface area (Å²) in [6.45, 7) is 0. The molecule has 0 unspecified atom stereocenters. The number of ketones is 1. The number of aliphatic hydroxyl groups is 1. The van der Waals surface area contributed by atoms with Crippen molar-refractivity contribution in [2.45, 2.75) is 0 Å². The number of para-hydroxylation sites is 2. The molecule has 2 aliphatic rings. The topological polar surface area (TPSA) is 99.1 Å². The number of rotatable bonds is 2. The van der Waals surface area contributed by atoms with Crippen molar-refractivity contribution in [2.24, 2.45) is 0 Å². The summed E-state index contributed by atoms with van der Waals surface area (Å²) in [7, 11) is -4.19. The van der Waals surface area contributed by atoms with Crippen molar-refractivity contribution in [3.8, 4) is 11.5 Å². The van der Waals surface area contributed by atoms with Crippen LogP contribution in [0.5, 0.6) is 11.5 Å². The predicted molar refractivity (Wildman–Crippen MR) is 95.2 cm³/mol. The van der Waals surface area contributed by atoms with E-state index in [9.17, 15) is 18.3 Å². The SMILES string of the molecule is O=C1/C(=C/C=CC2=C(O)c3ccccc3OS2(=O)=O)OOc2ccccc21. The minimum absolute atomic E-state index is 0.0429. The van der Waals surface area contributed by atoms with Gasteiger partial charge in [-0.05, 0) is 36.4 Å². The Hall–Kier alpha value is -3.52. The average molecular weight is 384 g/mol. The summed E-state index contributed by atoms with van der Waals surface area (Å²) in [6.07, 6.45) is 3.62. The second-order valence-electron chi connectivity index (χ2n) is 5.63. The summed E-state index contributed by atoms with van der Waals surface area (Å²) in [4.78, 5) is 21.9. The predicted octanol–water partition coefficient (Wildman–Crippen LogP) is 3.28. The van der Waals surface area contributed by atoms with Crippen LogP contribution < -0.4 is 9.07 Å². The third-order valence-electron chi connectivity index (χ3n) is 3.92. The van der Waals surface area contributed by atoms with Crippen LogP contribution in [-0.4, -0.2) is 19.3 Å². The highest BCUT2D eigenvalue weighted by Gasteiger charge is 2.31. The molecular weight excluding hydrogens is 372 g/mol. The molecular formula is C19H12O7S. The maximum Gasteiger partial charge on any atom is 0.342 e. The van der Waals surface area contributed by atoms with Gasteiger partial charge in [0.2, 0.25) is 11.5 Å². The highest BCUT2D eigenvalue weighted by molar-refractivity contribution is 7.91. The Morgan fingerprint density at radius 1 is 0.889 bits per heavy atom. The maximum absolute atomic E-state index is 12.3. The van der Waals surface area contributed by atoms with E-state index in [0.717, 1.165) is 6.08 Å². The largest absolute Gasteiger partial charge is 0.506 e. The lowest BCUT2D eigenvalue weighted by Gasteiger charge is -2.18. The van der Waals surface area contributed by atoms with E-state index in [1.165, 1.54) is 24.3 Å². The molecule has 0 saturated heterocycles. The standard InChI is InChI=1S/C19H12O7S/c20-18-12-6-1-3-8-14(12)24-25-16(18)10-5-11-17-19(21)13-7-2-4-9-15(13)26-27(17,22)23/h1-11,21H/b11-5?,16-10-. The molecule has 0 aromatic heterocycles. The molecule has 0 saturated carbocycles. The van der Waals surface area contributed by atoms with Gasteiger partial charge in [0.25, 0.3) is 0 Å². The second kappa shape index (κ2) is 6.33. The molecule has 0 spiro atoms. The monoisotopic (exact) mass is 384 g/mol. The van der Waals surface area contributed by atoms with Crippen molar-refractivity contribution < 1.29 is 32.3 Å². The molecule has 8 heteroatoms. The first kappa shape index (κ1) is 16.9. The molecule has 0 atom stereocenters. The number of allylic oxidation sites excluding steroid dienone is 4. The Labute approximate surface area is 154 Å². The molecule has 136 valence electrons. The first-order valence-corrected chi connectivity index (χ1v) is 9.22. The summed E-state index contributed by atoms with van der Waals surface area (Å²) < 4.78 is 29.4. The highest BCUT2D eigenvalue weighted by atomic mass is 32.2. The van der Waals surface area contributed by atoms with Crippen LogP contribution >= 0.6 is 0 Å². The van der Waals surface area contributed by atoms with E-state index in [-0.39, 0.29) is 17.1 Å². The van der Waals surface area contributed by atoms with Gasteiger partial charge in [0.1, 0.15) is 10.7 Å². The lowest BCUT2D eigenvalue weighted by atomic mass is 10.1. The number of aliphatic hydroxyl groups excluding tert-OH is 1. The molecule has 0 fully saturated rings. The number of hydrogen-bond donors (Lipinski definition) is 1. The van der Waals surface area contributed by atoms with Gasteiger partial charge in [-0.1, -0.05) is 30.3 Å². The molecule has 2 aliphatic heterocycles. The molecule has 4 rings (SSSR count). The minimum Gasteiger partial charge on any atom is -0.506 e. The van der Waals surface area contributed by atoms with E-state index in [2.05, 4.69) is 0 Å². The zero-order valence-electron chi connectivity index (χ0n) is 13.7. The second-order valence-corrected chi connectivity index (χ2v) is 7.14. The molecule has 7 nitrogen and oxygen atoms in total. The van der Waals surface area contributed by atoms with Gasteiger partial charge < -0.3 is 9.29 Å². The third-order valence-corrected chi connectivity index (χ3v) is 5.18. The Bertz CT molecular complexity index is 1140. The summed E-state index contributed by atoms with van der Waals surface area (Å²) in [5.41, 5.74) is 0.579. The first-order chi connectivity index (χ1) is 13.0. The van der Waals surface area contributed by atoms with Crippen LogP contribution in [0.2, 0.25) is 0 Å². The molecule has 0 radical (unpaired) electrons. The van der Waals surface area contributed by atoms with Crippen molar-refractivity contribution in [1.82, 2.24) is 0 Å². The van der Waals surface area contributed by atoms with Crippen LogP contribution in [-0.2, 0) is 15.0 Å². The third kappa shape index (κ3) is 2.96. The smallest absolute Gasteiger partial charge is 0.342 e. The van der Waals surface area contributed by atoms with E-state index in [1.54, 1.807) is 36.4 Å². The summed E-state index contributed by atoms with van der Waals surface area (Å²) >= 11 is 0. The number of Topliss-reactive ketones (excluding diaryl/α,β-unsaturated/α-hetero) is 1. The molecule has 2 aromatic carbocycles. The van der Waals surface area contributed by atoms with Crippen LogP contribution in [0.1, 0.15) is 15.9 Å². The molecule has 2 heterocycles. The lowest BCUT2D eigenvalue weighted by molar-refractivity contribution is -0.166. The maximum atomic E-state index is 12.3. The zero-order valence-corrected chi connectivity index (χ0v) is 14.5. The van der Waals surface area contributed by atoms with Gasteiger partial charge in [0, 0.05) is 0 Å². The van der Waals surface area contributed by atoms with Gasteiger partial charge >= 0.3 is 10.1 Å². The number of carbonyl (C=O) groups excluding carboxylic acids is 1. The molecule has 27 heavy (non-hydrogen) atoms. The Morgan fingerprint density at radius 3 is 2.33 bits per heavy atom. The average Bonchev–Trinajstić information content (AvgIpc) is 2.66. The van der Waals surface area contributed by atoms with Crippen LogP contribution in [0.3, 0.4) is 0 Å². The fourth-order valence-electron chi connectivity index (χ4n) is 2.63. The Kier molecular flexibility index (Phi) is 3.97. The van der Waals surface area contributed by atoms with Gasteiger partial charge in [-0.15, -0.1) is 0 Å². The van der Waals surface area contributed by atoms with Crippen LogP contribution in [0.25, 0.3) is 5.76 Å². The van der Waals surface area contributed by atoms with Crippen molar-refractivity contribution in [1.29, 1.82) is 0 Å². The minimum atomic E-state index is -4.19. The number of carbonyl (C=O) groups is 1. The zero-order chi connectivity index (χ0) is 19.0. The van der Waals surface area contributed by atoms with E-state index in [4.69, 9.17) is 14.0 Å². The van der Waals surface area contributed by atoms with Gasteiger partial charge in [-0.2, -0.15) is 8.42 Å². The Morgan fingerprint density at radius 2 is 1.56 bits per heavy atom. The van der Waals surface area contributed by atoms with E-state index >= 15 is 0 Å². The lowest BCUT2D eigenvalue weighted by Crippen LogP contribution is -2.18. The van der Waals surface area contributed by atoms with E-state index in [1.807, 2.05) is 0 Å². The van der Waals surface area contributed by atoms with Gasteiger partial charge in [-0.3, -0.25) is 14.6 Å². The van der Waals surface area contributed by atoms with Crippen molar-refractivity contribution >= 4 is 21.7 Å². The fraction of sp³-hybridized carbons (Fsp3) is 0. The summed E-state index contributed by atoms with van der Waals surface area (Å²) in [6, 6.07) is 12.8. The normalized spacial score (nSPS) is 19.1. The number of benzene rings is 2. The van der Waals surface area contributed by atoms with E-state index < -0.39 is 26.6 Å². The quantitative estimate of drug-likeness (QED) is 0.482. The van der Waals surface area contributed by atoms with Crippen molar-refractivity contribution in [3.05, 3.63) is 88.6 Å². The first-order valence-electron chi connectivity index (χ1n) is 7.81. The van der Waals surface area contributed by atoms with Crippen LogP contribution in [0.4, 0.5) is 0 Å². The molecule has 0 bridgehead atoms. The van der Waals surface area contributed by atoms with Crippen molar-refractivity contribution in [2.75, 3.05) is 0 Å².